The van der Waals surface area contributed by atoms with E-state index in [1.54, 1.807) is 6.20 Å². The minimum absolute atomic E-state index is 0.616. The quantitative estimate of drug-likeness (QED) is 0.787. The molecule has 0 aliphatic carbocycles. The summed E-state index contributed by atoms with van der Waals surface area (Å²) in [6, 6.07) is 4.04. The maximum Gasteiger partial charge on any atom is 0.132 e. The SMILES string of the molecule is CC(C)Cn1ccc2c(N)nccc21. The van der Waals surface area contributed by atoms with Gasteiger partial charge in [0.05, 0.1) is 5.52 Å². The largest absolute Gasteiger partial charge is 0.383 e. The van der Waals surface area contributed by atoms with Crippen molar-refractivity contribution in [1.82, 2.24) is 9.55 Å². The number of hydrogen-bond acceptors (Lipinski definition) is 2. The normalized spacial score (nSPS) is 11.4. The molecule has 3 nitrogen and oxygen atoms in total. The lowest BCUT2D eigenvalue weighted by Crippen LogP contribution is -2.02. The second-order valence-electron chi connectivity index (χ2n) is 3.99. The number of nitrogens with zero attached hydrogens (tertiary/aromatic N) is 2. The zero-order valence-electron chi connectivity index (χ0n) is 8.57. The van der Waals surface area contributed by atoms with E-state index in [1.807, 2.05) is 12.1 Å². The fourth-order valence-corrected chi connectivity index (χ4v) is 1.70. The molecular formula is C11H15N3. The van der Waals surface area contributed by atoms with E-state index in [4.69, 9.17) is 5.73 Å². The Hall–Kier alpha value is -1.51. The van der Waals surface area contributed by atoms with Gasteiger partial charge in [0.15, 0.2) is 0 Å². The maximum absolute atomic E-state index is 5.78. The van der Waals surface area contributed by atoms with E-state index in [-0.39, 0.29) is 0 Å². The maximum atomic E-state index is 5.78. The van der Waals surface area contributed by atoms with Crippen LogP contribution in [-0.2, 0) is 6.54 Å². The van der Waals surface area contributed by atoms with Gasteiger partial charge < -0.3 is 10.3 Å². The Labute approximate surface area is 83.6 Å². The molecule has 0 aromatic carbocycles. The van der Waals surface area contributed by atoms with Crippen molar-refractivity contribution in [2.75, 3.05) is 5.73 Å². The Bertz CT molecular complexity index is 443. The smallest absolute Gasteiger partial charge is 0.132 e. The highest BCUT2D eigenvalue weighted by Gasteiger charge is 2.04. The van der Waals surface area contributed by atoms with Gasteiger partial charge in [0.2, 0.25) is 0 Å². The van der Waals surface area contributed by atoms with Crippen LogP contribution in [0.25, 0.3) is 10.9 Å². The molecule has 0 saturated heterocycles. The van der Waals surface area contributed by atoms with Crippen molar-refractivity contribution in [3.05, 3.63) is 24.5 Å². The van der Waals surface area contributed by atoms with Gasteiger partial charge >= 0.3 is 0 Å². The number of aromatic nitrogens is 2. The van der Waals surface area contributed by atoms with Crippen LogP contribution in [0.3, 0.4) is 0 Å². The van der Waals surface area contributed by atoms with E-state index in [2.05, 4.69) is 29.6 Å². The van der Waals surface area contributed by atoms with Crippen molar-refractivity contribution in [1.29, 1.82) is 0 Å². The number of pyridine rings is 1. The van der Waals surface area contributed by atoms with Gasteiger partial charge in [0, 0.05) is 24.3 Å². The van der Waals surface area contributed by atoms with Crippen LogP contribution in [0.15, 0.2) is 24.5 Å². The zero-order chi connectivity index (χ0) is 10.1. The van der Waals surface area contributed by atoms with Gasteiger partial charge in [0.1, 0.15) is 5.82 Å². The van der Waals surface area contributed by atoms with E-state index in [9.17, 15) is 0 Å². The van der Waals surface area contributed by atoms with Gasteiger partial charge in [-0.1, -0.05) is 13.8 Å². The number of anilines is 1. The summed E-state index contributed by atoms with van der Waals surface area (Å²) in [4.78, 5) is 4.06. The first kappa shape index (κ1) is 9.06. The molecule has 0 fully saturated rings. The van der Waals surface area contributed by atoms with Crippen LogP contribution in [0.5, 0.6) is 0 Å². The summed E-state index contributed by atoms with van der Waals surface area (Å²) in [7, 11) is 0. The Kier molecular flexibility index (Phi) is 2.15. The van der Waals surface area contributed by atoms with Crippen molar-refractivity contribution in [2.24, 2.45) is 5.92 Å². The monoisotopic (exact) mass is 189 g/mol. The fourth-order valence-electron chi connectivity index (χ4n) is 1.70. The third-order valence-electron chi connectivity index (χ3n) is 2.29. The molecule has 2 aromatic heterocycles. The molecule has 0 unspecified atom stereocenters. The lowest BCUT2D eigenvalue weighted by atomic mass is 10.2. The molecule has 0 aliphatic heterocycles. The summed E-state index contributed by atoms with van der Waals surface area (Å²) >= 11 is 0. The highest BCUT2D eigenvalue weighted by Crippen LogP contribution is 2.20. The third-order valence-corrected chi connectivity index (χ3v) is 2.29. The van der Waals surface area contributed by atoms with Gasteiger partial charge in [-0.25, -0.2) is 4.98 Å². The van der Waals surface area contributed by atoms with E-state index in [1.165, 1.54) is 5.52 Å². The Balaban J connectivity index is 2.52. The van der Waals surface area contributed by atoms with Crippen LogP contribution in [0.2, 0.25) is 0 Å². The minimum atomic E-state index is 0.616. The predicted molar refractivity (Wildman–Crippen MR) is 59.0 cm³/mol. The molecule has 2 heterocycles. The van der Waals surface area contributed by atoms with Gasteiger partial charge in [0.25, 0.3) is 0 Å². The van der Waals surface area contributed by atoms with Crippen LogP contribution in [0.4, 0.5) is 5.82 Å². The number of rotatable bonds is 2. The summed E-state index contributed by atoms with van der Waals surface area (Å²) in [6.45, 7) is 5.43. The first-order valence-corrected chi connectivity index (χ1v) is 4.88. The highest BCUT2D eigenvalue weighted by molar-refractivity contribution is 5.88. The van der Waals surface area contributed by atoms with Crippen LogP contribution in [0, 0.1) is 5.92 Å². The van der Waals surface area contributed by atoms with Gasteiger partial charge in [-0.15, -0.1) is 0 Å². The molecule has 3 heteroatoms. The van der Waals surface area contributed by atoms with Crippen molar-refractivity contribution >= 4 is 16.7 Å². The number of hydrogen-bond donors (Lipinski definition) is 1. The Morgan fingerprint density at radius 1 is 1.43 bits per heavy atom. The van der Waals surface area contributed by atoms with Crippen molar-refractivity contribution in [3.63, 3.8) is 0 Å². The topological polar surface area (TPSA) is 43.8 Å². The standard InChI is InChI=1S/C11H15N3/c1-8(2)7-14-6-4-9-10(14)3-5-13-11(9)12/h3-6,8H,7H2,1-2H3,(H2,12,13). The van der Waals surface area contributed by atoms with Crippen LogP contribution < -0.4 is 5.73 Å². The summed E-state index contributed by atoms with van der Waals surface area (Å²) in [5.41, 5.74) is 6.95. The van der Waals surface area contributed by atoms with Crippen LogP contribution in [-0.4, -0.2) is 9.55 Å². The first-order chi connectivity index (χ1) is 6.68. The van der Waals surface area contributed by atoms with E-state index < -0.39 is 0 Å². The second kappa shape index (κ2) is 3.33. The minimum Gasteiger partial charge on any atom is -0.383 e. The molecule has 0 aliphatic rings. The molecule has 0 radical (unpaired) electrons. The first-order valence-electron chi connectivity index (χ1n) is 4.88. The highest BCUT2D eigenvalue weighted by atomic mass is 15.0. The van der Waals surface area contributed by atoms with Crippen LogP contribution in [0.1, 0.15) is 13.8 Å². The third kappa shape index (κ3) is 1.45. The average molecular weight is 189 g/mol. The van der Waals surface area contributed by atoms with E-state index >= 15 is 0 Å². The number of nitrogens with two attached hydrogens (primary N) is 1. The summed E-state index contributed by atoms with van der Waals surface area (Å²) in [5.74, 6) is 1.25. The average Bonchev–Trinajstić information content (AvgIpc) is 2.49. The molecule has 0 bridgehead atoms. The molecular weight excluding hydrogens is 174 g/mol. The second-order valence-corrected chi connectivity index (χ2v) is 3.99. The summed E-state index contributed by atoms with van der Waals surface area (Å²) in [5, 5.41) is 1.05. The molecule has 0 atom stereocenters. The molecule has 2 aromatic rings. The van der Waals surface area contributed by atoms with Crippen molar-refractivity contribution < 1.29 is 0 Å². The summed E-state index contributed by atoms with van der Waals surface area (Å²) in [6.07, 6.45) is 3.83. The predicted octanol–water partition coefficient (Wildman–Crippen LogP) is 2.27. The summed E-state index contributed by atoms with van der Waals surface area (Å²) < 4.78 is 2.22. The van der Waals surface area contributed by atoms with E-state index in [0.29, 0.717) is 11.7 Å². The molecule has 74 valence electrons. The Morgan fingerprint density at radius 3 is 2.93 bits per heavy atom. The Morgan fingerprint density at radius 2 is 2.21 bits per heavy atom. The number of nitrogen functional groups attached to an aromatic ring is 1. The van der Waals surface area contributed by atoms with Crippen LogP contribution >= 0.6 is 0 Å². The molecule has 2 N–H and O–H groups in total. The molecule has 2 rings (SSSR count). The molecule has 0 saturated carbocycles. The molecule has 0 spiro atoms. The van der Waals surface area contributed by atoms with Gasteiger partial charge in [-0.05, 0) is 18.1 Å². The van der Waals surface area contributed by atoms with Gasteiger partial charge in [-0.2, -0.15) is 0 Å². The molecule has 14 heavy (non-hydrogen) atoms. The van der Waals surface area contributed by atoms with E-state index in [0.717, 1.165) is 11.9 Å². The van der Waals surface area contributed by atoms with Crippen molar-refractivity contribution in [2.45, 2.75) is 20.4 Å². The lowest BCUT2D eigenvalue weighted by Gasteiger charge is -2.08. The molecule has 0 amide bonds. The number of fused-ring (bicyclic) bond motifs is 1. The van der Waals surface area contributed by atoms with Gasteiger partial charge in [-0.3, -0.25) is 0 Å². The van der Waals surface area contributed by atoms with Crippen molar-refractivity contribution in [3.8, 4) is 0 Å². The fraction of sp³-hybridized carbons (Fsp3) is 0.364. The lowest BCUT2D eigenvalue weighted by molar-refractivity contribution is 0.535. The zero-order valence-corrected chi connectivity index (χ0v) is 8.57.